The third-order valence-electron chi connectivity index (χ3n) is 16.4. The van der Waals surface area contributed by atoms with Crippen molar-refractivity contribution >= 4 is 81.1 Å². The van der Waals surface area contributed by atoms with Gasteiger partial charge in [0.05, 0.1) is 37.2 Å². The molecular formula is C69H86ClN17O7. The summed E-state index contributed by atoms with van der Waals surface area (Å²) in [6.45, 7) is 12.7. The first kappa shape index (κ1) is 69.5. The number of ketones is 1. The number of hydrogen-bond acceptors (Lipinski definition) is 19. The zero-order valence-electron chi connectivity index (χ0n) is 54.0. The number of aliphatic carboxylic acids is 1. The Balaban J connectivity index is 0.000000196. The van der Waals surface area contributed by atoms with Crippen LogP contribution in [-0.2, 0) is 32.2 Å². The highest BCUT2D eigenvalue weighted by Crippen LogP contribution is 2.32. The maximum absolute atomic E-state index is 13.2. The number of carboxylic acids is 1. The predicted molar refractivity (Wildman–Crippen MR) is 369 cm³/mol. The average molecular weight is 1300 g/mol. The Morgan fingerprint density at radius 2 is 1.05 bits per heavy atom. The number of pyridine rings is 2. The second-order valence-corrected chi connectivity index (χ2v) is 24.4. The second kappa shape index (κ2) is 34.3. The topological polar surface area (TPSA) is 285 Å². The van der Waals surface area contributed by atoms with E-state index < -0.39 is 5.97 Å². The van der Waals surface area contributed by atoms with Crippen LogP contribution in [-0.4, -0.2) is 214 Å². The Kier molecular flexibility index (Phi) is 25.4. The number of hydrogen-bond donors (Lipinski definition) is 6. The number of carbonyl (C=O) groups is 4. The normalized spacial score (nSPS) is 17.2. The van der Waals surface area contributed by atoms with Gasteiger partial charge in [0.25, 0.3) is 11.8 Å². The molecule has 4 fully saturated rings. The molecule has 0 aliphatic carbocycles. The zero-order chi connectivity index (χ0) is 65.1. The van der Waals surface area contributed by atoms with Crippen LogP contribution in [0.15, 0.2) is 134 Å². The maximum Gasteiger partial charge on any atom is 0.328 e. The van der Waals surface area contributed by atoms with Gasteiger partial charge in [-0.3, -0.25) is 34.2 Å². The molecule has 4 aliphatic heterocycles. The van der Waals surface area contributed by atoms with Gasteiger partial charge in [0, 0.05) is 119 Å². The number of carbonyl (C=O) groups excluding carboxylic acids is 3. The number of halogens is 1. The van der Waals surface area contributed by atoms with Crippen molar-refractivity contribution in [2.75, 3.05) is 140 Å². The van der Waals surface area contributed by atoms with E-state index >= 15 is 0 Å². The molecule has 4 saturated heterocycles. The molecule has 0 unspecified atom stereocenters. The SMILES string of the molecule is CN(C)C/C=C/C(=O)C[C@@H]1CCCN(Cc2ccnc(C(=O)Nc3ccc(-c4cc5c(N6CCOCC6)ncnc5[nH]4)cc3)c2)C1.CN(C)C/C=C/C(=O)O.Cl.N[C@@H]1CCCN(Cc2ccnc(C(=O)Nc3ccc(-c4cc5c(N6CCOCC6)ncnc5[nH]4)cc3)c2)C1. The van der Waals surface area contributed by atoms with E-state index in [9.17, 15) is 19.2 Å². The first-order valence-corrected chi connectivity index (χ1v) is 31.8. The van der Waals surface area contributed by atoms with Gasteiger partial charge in [-0.15, -0.1) is 12.4 Å². The van der Waals surface area contributed by atoms with E-state index in [0.29, 0.717) is 68.1 Å². The van der Waals surface area contributed by atoms with Gasteiger partial charge in [-0.1, -0.05) is 36.4 Å². The van der Waals surface area contributed by atoms with Gasteiger partial charge in [0.2, 0.25) is 0 Å². The lowest BCUT2D eigenvalue weighted by Gasteiger charge is -2.32. The highest BCUT2D eigenvalue weighted by atomic mass is 35.5. The number of nitrogens with two attached hydrogens (primary N) is 1. The number of amides is 2. The summed E-state index contributed by atoms with van der Waals surface area (Å²) in [7, 11) is 7.74. The van der Waals surface area contributed by atoms with Gasteiger partial charge < -0.3 is 60.5 Å². The molecular weight excluding hydrogens is 1210 g/mol. The number of benzene rings is 2. The number of likely N-dealkylation sites (N-methyl/N-ethyl adjacent to an activating group) is 2. The summed E-state index contributed by atoms with van der Waals surface area (Å²) in [6, 6.07) is 27.5. The largest absolute Gasteiger partial charge is 0.478 e. The minimum atomic E-state index is -0.892. The predicted octanol–water partition coefficient (Wildman–Crippen LogP) is 8.04. The van der Waals surface area contributed by atoms with Crippen molar-refractivity contribution in [1.82, 2.24) is 59.5 Å². The number of aromatic amines is 2. The van der Waals surface area contributed by atoms with Crippen LogP contribution < -0.4 is 26.2 Å². The lowest BCUT2D eigenvalue weighted by atomic mass is 9.92. The molecule has 6 aromatic heterocycles. The number of morpholine rings is 2. The van der Waals surface area contributed by atoms with Crippen LogP contribution in [0.5, 0.6) is 0 Å². The number of allylic oxidation sites excluding steroid dienone is 1. The fourth-order valence-electron chi connectivity index (χ4n) is 11.8. The standard InChI is InChI=1S/C35H42N8O3.C28H32N8O2.C6H11NO2.ClH/c1-41(2)13-4-6-29(44)19-25-5-3-14-42(22-25)23-26-11-12-36-32(20-26)35(45)39-28-9-7-27(8-10-28)31-21-30-33(40-31)37-24-38-34(30)43-15-17-46-18-16-43;29-21-2-1-9-35(17-21)16-19-7-8-30-25(14-19)28(37)33-22-5-3-20(4-6-22)24-15-23-26(34-24)31-18-32-27(23)36-10-12-38-13-11-36;1-7(2)5-3-4-6(8)9;/h4,6-12,20-21,24-25H,3,5,13-19,22-23H2,1-2H3,(H,39,45)(H,37,38,40);3-8,14-15,18,21H,1-2,9-13,16-17,29H2,(H,33,37)(H,31,32,34);3-4H,5H2,1-2H3,(H,8,9);1H/b6-4+;;4-3+;/t25-;21-;;/m01../s1. The molecule has 0 saturated carbocycles. The molecule has 4 aliphatic rings. The van der Waals surface area contributed by atoms with Crippen LogP contribution in [0.4, 0.5) is 23.0 Å². The monoisotopic (exact) mass is 1300 g/mol. The highest BCUT2D eigenvalue weighted by molar-refractivity contribution is 6.04. The molecule has 0 spiro atoms. The van der Waals surface area contributed by atoms with E-state index in [2.05, 4.69) is 82.2 Å². The summed E-state index contributed by atoms with van der Waals surface area (Å²) in [5.74, 6) is 0.996. The van der Waals surface area contributed by atoms with E-state index in [1.807, 2.05) is 117 Å². The number of likely N-dealkylation sites (tertiary alicyclic amines) is 2. The summed E-state index contributed by atoms with van der Waals surface area (Å²) < 4.78 is 11.0. The molecule has 2 atom stereocenters. The van der Waals surface area contributed by atoms with Crippen LogP contribution in [0.1, 0.15) is 64.2 Å². The third kappa shape index (κ3) is 20.1. The molecule has 7 N–H and O–H groups in total. The van der Waals surface area contributed by atoms with Gasteiger partial charge >= 0.3 is 5.97 Å². The molecule has 25 heteroatoms. The quantitative estimate of drug-likeness (QED) is 0.0394. The van der Waals surface area contributed by atoms with Crippen molar-refractivity contribution in [1.29, 1.82) is 0 Å². The molecule has 2 aromatic carbocycles. The smallest absolute Gasteiger partial charge is 0.328 e. The minimum absolute atomic E-state index is 0. The molecule has 8 aromatic rings. The zero-order valence-corrected chi connectivity index (χ0v) is 54.8. The van der Waals surface area contributed by atoms with Crippen molar-refractivity contribution in [2.45, 2.75) is 51.2 Å². The molecule has 2 amide bonds. The van der Waals surface area contributed by atoms with Gasteiger partial charge in [0.15, 0.2) is 5.78 Å². The van der Waals surface area contributed by atoms with Gasteiger partial charge in [0.1, 0.15) is 47.0 Å². The van der Waals surface area contributed by atoms with E-state index in [0.717, 1.165) is 171 Å². The van der Waals surface area contributed by atoms with Crippen LogP contribution in [0.25, 0.3) is 44.6 Å². The van der Waals surface area contributed by atoms with Crippen LogP contribution in [0.3, 0.4) is 0 Å². The van der Waals surface area contributed by atoms with Crippen LogP contribution >= 0.6 is 12.4 Å². The highest BCUT2D eigenvalue weighted by Gasteiger charge is 2.24. The fraction of sp³-hybridized carbons (Fsp3) is 0.391. The number of rotatable bonds is 20. The maximum atomic E-state index is 13.2. The number of nitrogens with one attached hydrogen (secondary N) is 4. The summed E-state index contributed by atoms with van der Waals surface area (Å²) >= 11 is 0. The van der Waals surface area contributed by atoms with Crippen LogP contribution in [0.2, 0.25) is 0 Å². The van der Waals surface area contributed by atoms with Gasteiger partial charge in [-0.25, -0.2) is 24.7 Å². The lowest BCUT2D eigenvalue weighted by molar-refractivity contribution is -0.131. The summed E-state index contributed by atoms with van der Waals surface area (Å²) in [4.78, 5) is 94.9. The van der Waals surface area contributed by atoms with Crippen molar-refractivity contribution in [3.05, 3.63) is 157 Å². The summed E-state index contributed by atoms with van der Waals surface area (Å²) in [5.41, 5.74) is 15.8. The Bertz CT molecular complexity index is 3850. The average Bonchev–Trinajstić information content (AvgIpc) is 1.66. The van der Waals surface area contributed by atoms with Crippen molar-refractivity contribution in [2.24, 2.45) is 11.7 Å². The van der Waals surface area contributed by atoms with Gasteiger partial charge in [-0.05, 0) is 162 Å². The van der Waals surface area contributed by atoms with Crippen molar-refractivity contribution in [3.8, 4) is 22.5 Å². The number of anilines is 4. The third-order valence-corrected chi connectivity index (χ3v) is 16.4. The summed E-state index contributed by atoms with van der Waals surface area (Å²) in [5, 5.41) is 16.0. The molecule has 24 nitrogen and oxygen atoms in total. The molecule has 496 valence electrons. The Morgan fingerprint density at radius 1 is 0.596 bits per heavy atom. The van der Waals surface area contributed by atoms with Crippen LogP contribution in [0, 0.1) is 5.92 Å². The summed E-state index contributed by atoms with van der Waals surface area (Å²) in [6.07, 6.45) is 17.9. The molecule has 12 rings (SSSR count). The lowest BCUT2D eigenvalue weighted by Crippen LogP contribution is -2.42. The number of H-pyrrole nitrogens is 2. The van der Waals surface area contributed by atoms with E-state index in [-0.39, 0.29) is 36.0 Å². The number of fused-ring (bicyclic) bond motifs is 2. The van der Waals surface area contributed by atoms with Crippen molar-refractivity contribution < 1.29 is 33.8 Å². The first-order chi connectivity index (χ1) is 45.2. The molecule has 0 bridgehead atoms. The number of nitrogens with zero attached hydrogens (tertiary/aromatic N) is 12. The Morgan fingerprint density at radius 3 is 1.51 bits per heavy atom. The molecule has 0 radical (unpaired) electrons. The first-order valence-electron chi connectivity index (χ1n) is 31.8. The molecule has 94 heavy (non-hydrogen) atoms. The van der Waals surface area contributed by atoms with E-state index in [1.165, 1.54) is 0 Å². The van der Waals surface area contributed by atoms with E-state index in [1.54, 1.807) is 37.2 Å². The number of carboxylic acid groups (broad SMARTS) is 1. The number of ether oxygens (including phenoxy) is 2. The number of piperidine rings is 2. The number of aromatic nitrogens is 8. The Hall–Kier alpha value is -8.85. The Labute approximate surface area is 554 Å². The van der Waals surface area contributed by atoms with E-state index in [4.69, 9.17) is 20.3 Å². The minimum Gasteiger partial charge on any atom is -0.478 e. The van der Waals surface area contributed by atoms with Gasteiger partial charge in [-0.2, -0.15) is 0 Å². The molecule has 10 heterocycles. The second-order valence-electron chi connectivity index (χ2n) is 24.4. The van der Waals surface area contributed by atoms with Crippen molar-refractivity contribution in [3.63, 3.8) is 0 Å². The fourth-order valence-corrected chi connectivity index (χ4v) is 11.8.